The van der Waals surface area contributed by atoms with Gasteiger partial charge in [0.15, 0.2) is 23.3 Å². The Bertz CT molecular complexity index is 3090. The first-order valence-corrected chi connectivity index (χ1v) is 19.1. The van der Waals surface area contributed by atoms with Crippen LogP contribution in [0.4, 0.5) is 17.3 Å². The van der Waals surface area contributed by atoms with Crippen molar-refractivity contribution < 1.29 is 0 Å². The number of anilines is 3. The third-order valence-electron chi connectivity index (χ3n) is 9.94. The van der Waals surface area contributed by atoms with Crippen LogP contribution in [0.15, 0.2) is 170 Å². The van der Waals surface area contributed by atoms with Gasteiger partial charge in [0.2, 0.25) is 0 Å². The van der Waals surface area contributed by atoms with E-state index >= 15 is 0 Å². The third kappa shape index (κ3) is 6.50. The SMILES string of the molecule is Clc1ccc(CN(c2nc(-c3nccc4ccccc34)nc3ccccc23)N(c2ccc(Cl)cc2)c2nc(-c3nccc4ccccc34)nc3ccccc23)cc1. The van der Waals surface area contributed by atoms with Crippen molar-refractivity contribution in [1.82, 2.24) is 29.9 Å². The van der Waals surface area contributed by atoms with Crippen LogP contribution in [0, 0.1) is 0 Å². The minimum absolute atomic E-state index is 0.364. The molecule has 0 saturated carbocycles. The summed E-state index contributed by atoms with van der Waals surface area (Å²) in [6, 6.07) is 51.9. The first-order valence-electron chi connectivity index (χ1n) is 18.4. The fourth-order valence-corrected chi connectivity index (χ4v) is 7.50. The Morgan fingerprint density at radius 3 is 1.44 bits per heavy atom. The highest BCUT2D eigenvalue weighted by Gasteiger charge is 2.28. The molecule has 0 saturated heterocycles. The second-order valence-corrected chi connectivity index (χ2v) is 14.4. The summed E-state index contributed by atoms with van der Waals surface area (Å²) < 4.78 is 0. The monoisotopic (exact) mass is 776 g/mol. The second-order valence-electron chi connectivity index (χ2n) is 13.5. The lowest BCUT2D eigenvalue weighted by atomic mass is 10.1. The van der Waals surface area contributed by atoms with E-state index < -0.39 is 0 Å². The maximum absolute atomic E-state index is 6.57. The van der Waals surface area contributed by atoms with Crippen LogP contribution in [0.25, 0.3) is 66.4 Å². The quantitative estimate of drug-likeness (QED) is 0.141. The number of hydrazine groups is 1. The molecular weight excluding hydrogens is 747 g/mol. The number of rotatable bonds is 8. The van der Waals surface area contributed by atoms with Gasteiger partial charge in [-0.05, 0) is 89.1 Å². The summed E-state index contributed by atoms with van der Waals surface area (Å²) in [4.78, 5) is 30.8. The van der Waals surface area contributed by atoms with E-state index in [9.17, 15) is 0 Å². The second kappa shape index (κ2) is 14.6. The molecule has 0 spiro atoms. The van der Waals surface area contributed by atoms with Crippen LogP contribution in [-0.4, -0.2) is 29.9 Å². The van der Waals surface area contributed by atoms with Crippen LogP contribution in [-0.2, 0) is 6.54 Å². The minimum atomic E-state index is 0.364. The average molecular weight is 778 g/mol. The molecule has 10 aromatic rings. The molecule has 0 atom stereocenters. The van der Waals surface area contributed by atoms with E-state index in [4.69, 9.17) is 53.1 Å². The van der Waals surface area contributed by atoms with Gasteiger partial charge in [-0.1, -0.05) is 108 Å². The molecule has 0 amide bonds. The van der Waals surface area contributed by atoms with Crippen molar-refractivity contribution in [2.24, 2.45) is 0 Å². The molecule has 4 aromatic heterocycles. The highest BCUT2D eigenvalue weighted by atomic mass is 35.5. The molecule has 0 aliphatic heterocycles. The summed E-state index contributed by atoms with van der Waals surface area (Å²) in [5, 5.41) is 11.1. The van der Waals surface area contributed by atoms with Crippen molar-refractivity contribution in [3.63, 3.8) is 0 Å². The van der Waals surface area contributed by atoms with E-state index in [1.54, 1.807) is 12.4 Å². The molecule has 10 rings (SSSR count). The van der Waals surface area contributed by atoms with Crippen LogP contribution in [0.2, 0.25) is 10.0 Å². The summed E-state index contributed by atoms with van der Waals surface area (Å²) in [7, 11) is 0. The zero-order chi connectivity index (χ0) is 38.3. The van der Waals surface area contributed by atoms with Crippen molar-refractivity contribution >= 4 is 83.9 Å². The van der Waals surface area contributed by atoms with Crippen molar-refractivity contribution in [3.05, 3.63) is 186 Å². The van der Waals surface area contributed by atoms with Gasteiger partial charge in [-0.3, -0.25) is 15.0 Å². The van der Waals surface area contributed by atoms with E-state index in [1.165, 1.54) is 0 Å². The first-order chi connectivity index (χ1) is 28.1. The van der Waals surface area contributed by atoms with Gasteiger partial charge in [0.05, 0.1) is 23.3 Å². The Labute approximate surface area is 337 Å². The fourth-order valence-electron chi connectivity index (χ4n) is 7.25. The average Bonchev–Trinajstić information content (AvgIpc) is 3.26. The molecule has 10 heteroatoms. The third-order valence-corrected chi connectivity index (χ3v) is 10.4. The van der Waals surface area contributed by atoms with E-state index in [0.29, 0.717) is 51.3 Å². The van der Waals surface area contributed by atoms with E-state index in [2.05, 4.69) is 34.3 Å². The Morgan fingerprint density at radius 1 is 0.421 bits per heavy atom. The molecule has 0 radical (unpaired) electrons. The summed E-state index contributed by atoms with van der Waals surface area (Å²) in [6.07, 6.45) is 3.60. The molecule has 57 heavy (non-hydrogen) atoms. The fraction of sp³-hybridized carbons (Fsp3) is 0.0213. The number of hydrogen-bond donors (Lipinski definition) is 0. The van der Waals surface area contributed by atoms with Crippen LogP contribution >= 0.6 is 23.2 Å². The summed E-state index contributed by atoms with van der Waals surface area (Å²) in [5.41, 5.74) is 4.66. The predicted octanol–water partition coefficient (Wildman–Crippen LogP) is 12.1. The molecular formula is C47H30Cl2N8. The lowest BCUT2D eigenvalue weighted by molar-refractivity contribution is 0.790. The lowest BCUT2D eigenvalue weighted by Crippen LogP contribution is -2.41. The molecule has 0 N–H and O–H groups in total. The Morgan fingerprint density at radius 2 is 0.877 bits per heavy atom. The smallest absolute Gasteiger partial charge is 0.181 e. The minimum Gasteiger partial charge on any atom is -0.257 e. The Balaban J connectivity index is 1.29. The Kier molecular flexibility index (Phi) is 8.82. The summed E-state index contributed by atoms with van der Waals surface area (Å²) in [5.74, 6) is 2.24. The van der Waals surface area contributed by atoms with Crippen molar-refractivity contribution in [2.45, 2.75) is 6.54 Å². The molecule has 8 nitrogen and oxygen atoms in total. The molecule has 0 bridgehead atoms. The predicted molar refractivity (Wildman–Crippen MR) is 232 cm³/mol. The van der Waals surface area contributed by atoms with Crippen LogP contribution < -0.4 is 10.0 Å². The molecule has 0 unspecified atom stereocenters. The van der Waals surface area contributed by atoms with Gasteiger partial charge in [-0.2, -0.15) is 0 Å². The molecule has 6 aromatic carbocycles. The number of fused-ring (bicyclic) bond motifs is 4. The highest BCUT2D eigenvalue weighted by molar-refractivity contribution is 6.31. The van der Waals surface area contributed by atoms with Crippen molar-refractivity contribution in [3.8, 4) is 23.0 Å². The van der Waals surface area contributed by atoms with Crippen molar-refractivity contribution in [2.75, 3.05) is 10.0 Å². The van der Waals surface area contributed by atoms with E-state index in [1.807, 2.05) is 133 Å². The standard InChI is InChI=1S/C47H30Cl2N8/c48-33-19-17-30(18-20-33)29-56(46-38-13-5-7-15-40(38)52-44(54-46)42-36-11-3-1-9-31(36)25-27-50-42)57(35-23-21-34(49)22-24-35)47-39-14-6-8-16-41(39)53-45(55-47)43-37-12-4-2-10-32(37)26-28-51-43/h1-28H,29H2. The van der Waals surface area contributed by atoms with Gasteiger partial charge < -0.3 is 0 Å². The molecule has 0 aliphatic carbocycles. The zero-order valence-electron chi connectivity index (χ0n) is 30.2. The number of nitrogens with zero attached hydrogens (tertiary/aromatic N) is 8. The van der Waals surface area contributed by atoms with E-state index in [-0.39, 0.29) is 0 Å². The van der Waals surface area contributed by atoms with Gasteiger partial charge in [0, 0.05) is 44.0 Å². The normalized spacial score (nSPS) is 11.4. The molecule has 0 aliphatic rings. The van der Waals surface area contributed by atoms with Gasteiger partial charge in [-0.25, -0.2) is 24.9 Å². The summed E-state index contributed by atoms with van der Waals surface area (Å²) >= 11 is 13.0. The zero-order valence-corrected chi connectivity index (χ0v) is 31.7. The number of hydrogen-bond acceptors (Lipinski definition) is 8. The van der Waals surface area contributed by atoms with Gasteiger partial charge in [0.1, 0.15) is 11.4 Å². The molecule has 272 valence electrons. The number of pyridine rings is 2. The maximum atomic E-state index is 6.57. The van der Waals surface area contributed by atoms with Gasteiger partial charge in [-0.15, -0.1) is 0 Å². The van der Waals surface area contributed by atoms with Gasteiger partial charge in [0.25, 0.3) is 0 Å². The van der Waals surface area contributed by atoms with Crippen LogP contribution in [0.5, 0.6) is 0 Å². The maximum Gasteiger partial charge on any atom is 0.181 e. The first kappa shape index (κ1) is 34.5. The molecule has 4 heterocycles. The molecule has 0 fully saturated rings. The number of benzene rings is 6. The number of aromatic nitrogens is 6. The Hall–Kier alpha value is -7.00. The number of halogens is 2. The van der Waals surface area contributed by atoms with Crippen LogP contribution in [0.1, 0.15) is 5.56 Å². The topological polar surface area (TPSA) is 83.8 Å². The van der Waals surface area contributed by atoms with Crippen molar-refractivity contribution in [1.29, 1.82) is 0 Å². The number of para-hydroxylation sites is 2. The van der Waals surface area contributed by atoms with Gasteiger partial charge >= 0.3 is 0 Å². The highest BCUT2D eigenvalue weighted by Crippen LogP contribution is 2.40. The summed E-state index contributed by atoms with van der Waals surface area (Å²) in [6.45, 7) is 0.364. The largest absolute Gasteiger partial charge is 0.257 e. The van der Waals surface area contributed by atoms with E-state index in [0.717, 1.165) is 54.6 Å². The van der Waals surface area contributed by atoms with Crippen LogP contribution in [0.3, 0.4) is 0 Å². The lowest BCUT2D eigenvalue weighted by Gasteiger charge is -2.38.